The van der Waals surface area contributed by atoms with Crippen molar-refractivity contribution in [1.82, 2.24) is 0 Å². The van der Waals surface area contributed by atoms with Crippen molar-refractivity contribution < 1.29 is 9.53 Å². The van der Waals surface area contributed by atoms with Crippen LogP contribution in [-0.2, 0) is 9.53 Å². The van der Waals surface area contributed by atoms with E-state index in [9.17, 15) is 4.79 Å². The highest BCUT2D eigenvalue weighted by atomic mass is 16.5. The van der Waals surface area contributed by atoms with Gasteiger partial charge in [-0.2, -0.15) is 0 Å². The van der Waals surface area contributed by atoms with E-state index in [0.717, 1.165) is 21.9 Å². The molecule has 0 aliphatic heterocycles. The van der Waals surface area contributed by atoms with Crippen LogP contribution in [0.3, 0.4) is 0 Å². The molecule has 0 saturated carbocycles. The van der Waals surface area contributed by atoms with Crippen LogP contribution in [0.5, 0.6) is 0 Å². The molecule has 0 aromatic heterocycles. The van der Waals surface area contributed by atoms with E-state index < -0.39 is 5.92 Å². The van der Waals surface area contributed by atoms with E-state index in [4.69, 9.17) is 4.74 Å². The molecule has 0 heterocycles. The van der Waals surface area contributed by atoms with Crippen LogP contribution in [0.25, 0.3) is 10.8 Å². The standard InChI is InChI=1S/C20H18O2/c1-2-22-20(21)19(16-10-4-3-5-11-16)18-14-8-12-15-9-6-7-13-17(15)18/h3-14,19H,2H2,1H3. The fourth-order valence-electron chi connectivity index (χ4n) is 2.82. The molecule has 3 aromatic carbocycles. The molecule has 3 rings (SSSR count). The van der Waals surface area contributed by atoms with Crippen LogP contribution >= 0.6 is 0 Å². The molecule has 0 N–H and O–H groups in total. The third-order valence-corrected chi connectivity index (χ3v) is 3.79. The van der Waals surface area contributed by atoms with E-state index in [1.54, 1.807) is 0 Å². The first-order valence-corrected chi connectivity index (χ1v) is 7.50. The molecule has 1 atom stereocenters. The van der Waals surface area contributed by atoms with Crippen molar-refractivity contribution in [2.24, 2.45) is 0 Å². The topological polar surface area (TPSA) is 26.3 Å². The summed E-state index contributed by atoms with van der Waals surface area (Å²) in [5.74, 6) is -0.600. The molecule has 0 bridgehead atoms. The molecule has 1 unspecified atom stereocenters. The summed E-state index contributed by atoms with van der Waals surface area (Å²) in [5.41, 5.74) is 1.94. The lowest BCUT2D eigenvalue weighted by molar-refractivity contribution is -0.143. The summed E-state index contributed by atoms with van der Waals surface area (Å²) >= 11 is 0. The SMILES string of the molecule is CCOC(=O)C(c1ccccc1)c1cccc2ccccc12. The summed E-state index contributed by atoms with van der Waals surface area (Å²) in [6.45, 7) is 2.22. The normalized spacial score (nSPS) is 12.0. The quantitative estimate of drug-likeness (QED) is 0.660. The van der Waals surface area contributed by atoms with Crippen LogP contribution in [0, 0.1) is 0 Å². The molecule has 110 valence electrons. The largest absolute Gasteiger partial charge is 0.465 e. The molecule has 0 saturated heterocycles. The first kappa shape index (κ1) is 14.3. The van der Waals surface area contributed by atoms with Gasteiger partial charge in [0.05, 0.1) is 6.61 Å². The van der Waals surface area contributed by atoms with Gasteiger partial charge in [0.1, 0.15) is 5.92 Å². The van der Waals surface area contributed by atoms with Crippen LogP contribution in [0.4, 0.5) is 0 Å². The van der Waals surface area contributed by atoms with E-state index in [2.05, 4.69) is 18.2 Å². The Hall–Kier alpha value is -2.61. The maximum atomic E-state index is 12.6. The van der Waals surface area contributed by atoms with Gasteiger partial charge < -0.3 is 4.74 Å². The first-order chi connectivity index (χ1) is 10.8. The fourth-order valence-corrected chi connectivity index (χ4v) is 2.82. The molecule has 2 heteroatoms. The van der Waals surface area contributed by atoms with Crippen LogP contribution in [-0.4, -0.2) is 12.6 Å². The van der Waals surface area contributed by atoms with Crippen LogP contribution in [0.1, 0.15) is 24.0 Å². The highest BCUT2D eigenvalue weighted by Gasteiger charge is 2.25. The van der Waals surface area contributed by atoms with Gasteiger partial charge in [0.15, 0.2) is 0 Å². The Balaban J connectivity index is 2.18. The highest BCUT2D eigenvalue weighted by Crippen LogP contribution is 2.31. The zero-order valence-corrected chi connectivity index (χ0v) is 12.5. The van der Waals surface area contributed by atoms with Crippen molar-refractivity contribution in [3.8, 4) is 0 Å². The lowest BCUT2D eigenvalue weighted by atomic mass is 9.88. The minimum Gasteiger partial charge on any atom is -0.465 e. The van der Waals surface area contributed by atoms with Gasteiger partial charge in [-0.15, -0.1) is 0 Å². The van der Waals surface area contributed by atoms with Gasteiger partial charge in [0.2, 0.25) is 0 Å². The van der Waals surface area contributed by atoms with Crippen LogP contribution in [0.15, 0.2) is 72.8 Å². The molecule has 2 nitrogen and oxygen atoms in total. The van der Waals surface area contributed by atoms with E-state index >= 15 is 0 Å². The number of benzene rings is 3. The third-order valence-electron chi connectivity index (χ3n) is 3.79. The molecule has 22 heavy (non-hydrogen) atoms. The minimum absolute atomic E-state index is 0.204. The predicted octanol–water partition coefficient (Wildman–Crippen LogP) is 4.53. The summed E-state index contributed by atoms with van der Waals surface area (Å²) in [6.07, 6.45) is 0. The monoisotopic (exact) mass is 290 g/mol. The van der Waals surface area contributed by atoms with Crippen molar-refractivity contribution in [2.45, 2.75) is 12.8 Å². The second kappa shape index (κ2) is 6.44. The summed E-state index contributed by atoms with van der Waals surface area (Å²) in [7, 11) is 0. The number of carbonyl (C=O) groups excluding carboxylic acids is 1. The average Bonchev–Trinajstić information content (AvgIpc) is 2.57. The van der Waals surface area contributed by atoms with E-state index in [1.165, 1.54) is 0 Å². The van der Waals surface area contributed by atoms with Crippen LogP contribution in [0.2, 0.25) is 0 Å². The third kappa shape index (κ3) is 2.73. The maximum Gasteiger partial charge on any atom is 0.317 e. The first-order valence-electron chi connectivity index (χ1n) is 7.50. The van der Waals surface area contributed by atoms with Gasteiger partial charge in [-0.05, 0) is 28.8 Å². The predicted molar refractivity (Wildman–Crippen MR) is 88.9 cm³/mol. The molecular formula is C20H18O2. The fraction of sp³-hybridized carbons (Fsp3) is 0.150. The Bertz CT molecular complexity index is 773. The molecule has 0 aliphatic carbocycles. The molecule has 0 spiro atoms. The second-order valence-corrected chi connectivity index (χ2v) is 5.16. The summed E-state index contributed by atoms with van der Waals surface area (Å²) in [6, 6.07) is 24.0. The number of rotatable bonds is 4. The van der Waals surface area contributed by atoms with Gasteiger partial charge >= 0.3 is 5.97 Å². The zero-order valence-electron chi connectivity index (χ0n) is 12.5. The smallest absolute Gasteiger partial charge is 0.317 e. The lowest BCUT2D eigenvalue weighted by Gasteiger charge is -2.18. The summed E-state index contributed by atoms with van der Waals surface area (Å²) < 4.78 is 5.32. The maximum absolute atomic E-state index is 12.6. The Morgan fingerprint density at radius 1 is 0.909 bits per heavy atom. The summed E-state index contributed by atoms with van der Waals surface area (Å²) in [5, 5.41) is 2.22. The Morgan fingerprint density at radius 2 is 1.59 bits per heavy atom. The van der Waals surface area contributed by atoms with Crippen molar-refractivity contribution in [3.05, 3.63) is 83.9 Å². The van der Waals surface area contributed by atoms with E-state index in [1.807, 2.05) is 61.5 Å². The van der Waals surface area contributed by atoms with E-state index in [-0.39, 0.29) is 5.97 Å². The number of fused-ring (bicyclic) bond motifs is 1. The van der Waals surface area contributed by atoms with Crippen molar-refractivity contribution in [1.29, 1.82) is 0 Å². The van der Waals surface area contributed by atoms with E-state index in [0.29, 0.717) is 6.61 Å². The lowest BCUT2D eigenvalue weighted by Crippen LogP contribution is -2.17. The zero-order chi connectivity index (χ0) is 15.4. The number of esters is 1. The summed E-state index contributed by atoms with van der Waals surface area (Å²) in [4.78, 5) is 12.6. The Morgan fingerprint density at radius 3 is 2.36 bits per heavy atom. The number of ether oxygens (including phenoxy) is 1. The van der Waals surface area contributed by atoms with Crippen LogP contribution < -0.4 is 0 Å². The average molecular weight is 290 g/mol. The minimum atomic E-state index is -0.396. The number of hydrogen-bond acceptors (Lipinski definition) is 2. The molecule has 0 radical (unpaired) electrons. The Kier molecular flexibility index (Phi) is 4.19. The van der Waals surface area contributed by atoms with Gasteiger partial charge in [-0.3, -0.25) is 4.79 Å². The second-order valence-electron chi connectivity index (χ2n) is 5.16. The Labute approximate surface area is 130 Å². The van der Waals surface area contributed by atoms with Gasteiger partial charge in [0, 0.05) is 0 Å². The molecular weight excluding hydrogens is 272 g/mol. The molecule has 3 aromatic rings. The van der Waals surface area contributed by atoms with Crippen molar-refractivity contribution in [2.75, 3.05) is 6.61 Å². The molecule has 0 aliphatic rings. The molecule has 0 amide bonds. The number of carbonyl (C=O) groups is 1. The van der Waals surface area contributed by atoms with Crippen molar-refractivity contribution in [3.63, 3.8) is 0 Å². The highest BCUT2D eigenvalue weighted by molar-refractivity contribution is 5.93. The van der Waals surface area contributed by atoms with Gasteiger partial charge in [-0.25, -0.2) is 0 Å². The number of hydrogen-bond donors (Lipinski definition) is 0. The van der Waals surface area contributed by atoms with Gasteiger partial charge in [-0.1, -0.05) is 72.8 Å². The molecule has 0 fully saturated rings. The van der Waals surface area contributed by atoms with Gasteiger partial charge in [0.25, 0.3) is 0 Å². The van der Waals surface area contributed by atoms with Crippen molar-refractivity contribution >= 4 is 16.7 Å².